The molecule has 3 aromatic rings. The Morgan fingerprint density at radius 1 is 1.25 bits per heavy atom. The Morgan fingerprint density at radius 2 is 2.12 bits per heavy atom. The molecular weight excluding hydrogens is 326 g/mol. The Hall–Kier alpha value is -2.93. The van der Waals surface area contributed by atoms with Crippen LogP contribution in [-0.2, 0) is 0 Å². The van der Waals surface area contributed by atoms with Crippen molar-refractivity contribution in [3.05, 3.63) is 53.3 Å². The molecule has 120 valence electrons. The summed E-state index contributed by atoms with van der Waals surface area (Å²) in [6, 6.07) is 9.07. The van der Waals surface area contributed by atoms with Gasteiger partial charge < -0.3 is 14.8 Å². The van der Waals surface area contributed by atoms with E-state index >= 15 is 0 Å². The van der Waals surface area contributed by atoms with E-state index < -0.39 is 0 Å². The largest absolute Gasteiger partial charge is 0.454 e. The van der Waals surface area contributed by atoms with Gasteiger partial charge >= 0.3 is 0 Å². The van der Waals surface area contributed by atoms with Gasteiger partial charge in [0, 0.05) is 29.7 Å². The van der Waals surface area contributed by atoms with Crippen molar-refractivity contribution in [2.75, 3.05) is 12.1 Å². The van der Waals surface area contributed by atoms with Crippen LogP contribution in [0, 0.1) is 6.92 Å². The molecular formula is C17H13N3O3S. The zero-order valence-corrected chi connectivity index (χ0v) is 13.6. The smallest absolute Gasteiger partial charge is 0.267 e. The highest BCUT2D eigenvalue weighted by molar-refractivity contribution is 7.17. The fraction of sp³-hybridized carbons (Fsp3) is 0.118. The molecule has 1 aliphatic rings. The number of benzene rings is 1. The third-order valence-corrected chi connectivity index (χ3v) is 4.75. The molecule has 2 aromatic heterocycles. The van der Waals surface area contributed by atoms with Crippen LogP contribution in [0.4, 0.5) is 5.69 Å². The predicted molar refractivity (Wildman–Crippen MR) is 90.6 cm³/mol. The fourth-order valence-electron chi connectivity index (χ4n) is 2.38. The number of amides is 1. The molecule has 0 atom stereocenters. The van der Waals surface area contributed by atoms with Crippen LogP contribution in [-0.4, -0.2) is 22.7 Å². The second-order valence-corrected chi connectivity index (χ2v) is 6.20. The van der Waals surface area contributed by atoms with E-state index in [9.17, 15) is 4.79 Å². The van der Waals surface area contributed by atoms with E-state index in [2.05, 4.69) is 15.3 Å². The first kappa shape index (κ1) is 14.6. The van der Waals surface area contributed by atoms with Crippen molar-refractivity contribution < 1.29 is 14.3 Å². The number of aromatic nitrogens is 2. The minimum atomic E-state index is -0.195. The maximum Gasteiger partial charge on any atom is 0.267 e. The first-order chi connectivity index (χ1) is 11.7. The molecule has 3 heterocycles. The van der Waals surface area contributed by atoms with Crippen molar-refractivity contribution in [2.24, 2.45) is 0 Å². The molecule has 6 nitrogen and oxygen atoms in total. The van der Waals surface area contributed by atoms with Crippen LogP contribution < -0.4 is 14.8 Å². The molecule has 24 heavy (non-hydrogen) atoms. The third-order valence-electron chi connectivity index (χ3n) is 3.54. The molecule has 0 radical (unpaired) electrons. The summed E-state index contributed by atoms with van der Waals surface area (Å²) >= 11 is 1.35. The van der Waals surface area contributed by atoms with Crippen LogP contribution >= 0.6 is 11.3 Å². The van der Waals surface area contributed by atoms with Crippen LogP contribution in [0.25, 0.3) is 10.6 Å². The van der Waals surface area contributed by atoms with Gasteiger partial charge in [-0.2, -0.15) is 0 Å². The summed E-state index contributed by atoms with van der Waals surface area (Å²) in [5.74, 6) is 1.12. The topological polar surface area (TPSA) is 73.3 Å². The van der Waals surface area contributed by atoms with Crippen LogP contribution in [0.2, 0.25) is 0 Å². The van der Waals surface area contributed by atoms with E-state index in [4.69, 9.17) is 9.47 Å². The molecule has 4 rings (SSSR count). The Balaban J connectivity index is 1.58. The standard InChI is InChI=1S/C17H13N3O3S/c1-10-15(24-17(19-10)11-3-2-6-18-8-11)16(21)20-12-4-5-13-14(7-12)23-9-22-13/h2-8H,9H2,1H3,(H,20,21). The minimum Gasteiger partial charge on any atom is -0.454 e. The Labute approximate surface area is 142 Å². The number of nitrogens with zero attached hydrogens (tertiary/aromatic N) is 2. The molecule has 0 unspecified atom stereocenters. The quantitative estimate of drug-likeness (QED) is 0.791. The summed E-state index contributed by atoms with van der Waals surface area (Å²) in [5, 5.41) is 3.65. The minimum absolute atomic E-state index is 0.195. The Kier molecular flexibility index (Phi) is 3.62. The van der Waals surface area contributed by atoms with Crippen LogP contribution in [0.3, 0.4) is 0 Å². The first-order valence-electron chi connectivity index (χ1n) is 7.29. The molecule has 1 N–H and O–H groups in total. The van der Waals surface area contributed by atoms with Crippen molar-refractivity contribution in [3.8, 4) is 22.1 Å². The number of hydrogen-bond donors (Lipinski definition) is 1. The monoisotopic (exact) mass is 339 g/mol. The highest BCUT2D eigenvalue weighted by Gasteiger charge is 2.18. The number of pyridine rings is 1. The lowest BCUT2D eigenvalue weighted by molar-refractivity contribution is 0.103. The van der Waals surface area contributed by atoms with Crippen LogP contribution in [0.15, 0.2) is 42.7 Å². The van der Waals surface area contributed by atoms with Gasteiger partial charge in [0.2, 0.25) is 6.79 Å². The lowest BCUT2D eigenvalue weighted by atomic mass is 10.2. The van der Waals surface area contributed by atoms with E-state index in [0.29, 0.717) is 27.8 Å². The zero-order valence-electron chi connectivity index (χ0n) is 12.8. The molecule has 0 spiro atoms. The number of aryl methyl sites for hydroxylation is 1. The van der Waals surface area contributed by atoms with Crippen molar-refractivity contribution in [1.29, 1.82) is 0 Å². The van der Waals surface area contributed by atoms with Crippen LogP contribution in [0.1, 0.15) is 15.4 Å². The highest BCUT2D eigenvalue weighted by atomic mass is 32.1. The summed E-state index contributed by atoms with van der Waals surface area (Å²) in [6.07, 6.45) is 3.44. The van der Waals surface area contributed by atoms with E-state index in [-0.39, 0.29) is 12.7 Å². The van der Waals surface area contributed by atoms with E-state index in [0.717, 1.165) is 10.6 Å². The Morgan fingerprint density at radius 3 is 2.96 bits per heavy atom. The lowest BCUT2D eigenvalue weighted by Gasteiger charge is -2.05. The number of fused-ring (bicyclic) bond motifs is 1. The second-order valence-electron chi connectivity index (χ2n) is 5.20. The number of carbonyl (C=O) groups is 1. The number of anilines is 1. The number of ether oxygens (including phenoxy) is 2. The summed E-state index contributed by atoms with van der Waals surface area (Å²) in [5.41, 5.74) is 2.24. The second kappa shape index (κ2) is 5.93. The van der Waals surface area contributed by atoms with E-state index in [1.54, 1.807) is 30.6 Å². The summed E-state index contributed by atoms with van der Waals surface area (Å²) < 4.78 is 10.6. The molecule has 0 saturated carbocycles. The molecule has 0 aliphatic carbocycles. The van der Waals surface area contributed by atoms with Gasteiger partial charge in [-0.15, -0.1) is 11.3 Å². The molecule has 7 heteroatoms. The number of thiazole rings is 1. The third kappa shape index (κ3) is 2.69. The van der Waals surface area contributed by atoms with Gasteiger partial charge in [-0.3, -0.25) is 9.78 Å². The van der Waals surface area contributed by atoms with E-state index in [1.165, 1.54) is 11.3 Å². The molecule has 1 aromatic carbocycles. The SMILES string of the molecule is Cc1nc(-c2cccnc2)sc1C(=O)Nc1ccc2c(c1)OCO2. The average molecular weight is 339 g/mol. The molecule has 1 amide bonds. The van der Waals surface area contributed by atoms with Gasteiger partial charge in [-0.25, -0.2) is 4.98 Å². The lowest BCUT2D eigenvalue weighted by Crippen LogP contribution is -2.11. The Bertz CT molecular complexity index is 909. The predicted octanol–water partition coefficient (Wildman–Crippen LogP) is 3.49. The zero-order chi connectivity index (χ0) is 16.5. The summed E-state index contributed by atoms with van der Waals surface area (Å²) in [7, 11) is 0. The van der Waals surface area contributed by atoms with Gasteiger partial charge in [0.05, 0.1) is 5.69 Å². The van der Waals surface area contributed by atoms with Crippen molar-refractivity contribution in [3.63, 3.8) is 0 Å². The van der Waals surface area contributed by atoms with Crippen molar-refractivity contribution in [2.45, 2.75) is 6.92 Å². The number of carbonyl (C=O) groups excluding carboxylic acids is 1. The number of nitrogens with one attached hydrogen (secondary N) is 1. The average Bonchev–Trinajstić information content (AvgIpc) is 3.21. The first-order valence-corrected chi connectivity index (χ1v) is 8.11. The molecule has 0 bridgehead atoms. The van der Waals surface area contributed by atoms with Gasteiger partial charge in [-0.05, 0) is 31.2 Å². The highest BCUT2D eigenvalue weighted by Crippen LogP contribution is 2.35. The van der Waals surface area contributed by atoms with Gasteiger partial charge in [0.1, 0.15) is 9.88 Å². The number of hydrogen-bond acceptors (Lipinski definition) is 6. The molecule has 0 saturated heterocycles. The summed E-state index contributed by atoms with van der Waals surface area (Å²) in [4.78, 5) is 21.7. The van der Waals surface area contributed by atoms with Gasteiger partial charge in [0.25, 0.3) is 5.91 Å². The molecule has 1 aliphatic heterocycles. The molecule has 0 fully saturated rings. The number of rotatable bonds is 3. The van der Waals surface area contributed by atoms with E-state index in [1.807, 2.05) is 19.1 Å². The van der Waals surface area contributed by atoms with Crippen LogP contribution in [0.5, 0.6) is 11.5 Å². The summed E-state index contributed by atoms with van der Waals surface area (Å²) in [6.45, 7) is 2.03. The van der Waals surface area contributed by atoms with Gasteiger partial charge in [-0.1, -0.05) is 0 Å². The maximum atomic E-state index is 12.6. The fourth-order valence-corrected chi connectivity index (χ4v) is 3.33. The van der Waals surface area contributed by atoms with Crippen molar-refractivity contribution >= 4 is 22.9 Å². The maximum absolute atomic E-state index is 12.6. The van der Waals surface area contributed by atoms with Gasteiger partial charge in [0.15, 0.2) is 11.5 Å². The normalized spacial score (nSPS) is 12.2. The van der Waals surface area contributed by atoms with Crippen molar-refractivity contribution in [1.82, 2.24) is 9.97 Å².